The average Bonchev–Trinajstić information content (AvgIpc) is 2.88. The van der Waals surface area contributed by atoms with Gasteiger partial charge in [0.2, 0.25) is 0 Å². The number of nitrogens with one attached hydrogen (secondary N) is 1. The highest BCUT2D eigenvalue weighted by Gasteiger charge is 2.31. The maximum atomic E-state index is 13.3. The third-order valence-electron chi connectivity index (χ3n) is 7.41. The van der Waals surface area contributed by atoms with Crippen LogP contribution in [0.3, 0.4) is 0 Å². The number of carbonyl (C=O) groups is 1. The van der Waals surface area contributed by atoms with Gasteiger partial charge in [-0.3, -0.25) is 9.78 Å². The number of hydrogen-bond acceptors (Lipinski definition) is 6. The second-order valence-electron chi connectivity index (χ2n) is 11.0. The Morgan fingerprint density at radius 3 is 2.53 bits per heavy atom. The number of likely N-dealkylation sites (tertiary alicyclic amines) is 1. The van der Waals surface area contributed by atoms with E-state index < -0.39 is 0 Å². The number of aromatic nitrogens is 1. The van der Waals surface area contributed by atoms with Gasteiger partial charge in [0.05, 0.1) is 12.7 Å². The molecule has 1 aromatic heterocycles. The van der Waals surface area contributed by atoms with Gasteiger partial charge in [0.25, 0.3) is 5.91 Å². The summed E-state index contributed by atoms with van der Waals surface area (Å²) in [6, 6.07) is 11.0. The molecule has 36 heavy (non-hydrogen) atoms. The molecule has 3 heterocycles. The molecular weight excluding hydrogens is 454 g/mol. The van der Waals surface area contributed by atoms with Gasteiger partial charge in [0.1, 0.15) is 18.1 Å². The number of nitrogens with zero attached hydrogens (tertiary/aromatic N) is 2. The summed E-state index contributed by atoms with van der Waals surface area (Å²) in [5.74, 6) is 0.682. The Morgan fingerprint density at radius 2 is 1.86 bits per heavy atom. The van der Waals surface area contributed by atoms with Crippen molar-refractivity contribution in [3.05, 3.63) is 58.9 Å². The first-order valence-electron chi connectivity index (χ1n) is 13.1. The highest BCUT2D eigenvalue weighted by molar-refractivity contribution is 5.94. The third-order valence-corrected chi connectivity index (χ3v) is 7.41. The van der Waals surface area contributed by atoms with Crippen LogP contribution in [-0.2, 0) is 21.5 Å². The lowest BCUT2D eigenvalue weighted by Gasteiger charge is -2.38. The zero-order chi connectivity index (χ0) is 25.7. The molecule has 2 aliphatic heterocycles. The number of hydrogen-bond donors (Lipinski definition) is 1. The van der Waals surface area contributed by atoms with Crippen molar-refractivity contribution in [3.63, 3.8) is 0 Å². The maximum Gasteiger partial charge on any atom is 0.272 e. The van der Waals surface area contributed by atoms with Crippen LogP contribution in [-0.4, -0.2) is 67.4 Å². The lowest BCUT2D eigenvalue weighted by atomic mass is 9.87. The van der Waals surface area contributed by atoms with Crippen LogP contribution < -0.4 is 10.1 Å². The van der Waals surface area contributed by atoms with E-state index in [1.54, 1.807) is 13.3 Å². The molecule has 0 bridgehead atoms. The van der Waals surface area contributed by atoms with Crippen LogP contribution >= 0.6 is 0 Å². The van der Waals surface area contributed by atoms with Gasteiger partial charge in [-0.1, -0.05) is 45.0 Å². The molecule has 1 N–H and O–H groups in total. The number of piperidine rings is 1. The summed E-state index contributed by atoms with van der Waals surface area (Å²) in [4.78, 5) is 19.7. The molecule has 2 fully saturated rings. The van der Waals surface area contributed by atoms with Gasteiger partial charge in [0, 0.05) is 50.7 Å². The van der Waals surface area contributed by atoms with E-state index in [2.05, 4.69) is 55.3 Å². The summed E-state index contributed by atoms with van der Waals surface area (Å²) in [7, 11) is 1.74. The van der Waals surface area contributed by atoms with E-state index in [0.717, 1.165) is 37.0 Å². The van der Waals surface area contributed by atoms with Crippen LogP contribution in [0.15, 0.2) is 36.5 Å². The van der Waals surface area contributed by atoms with E-state index in [-0.39, 0.29) is 17.4 Å². The van der Waals surface area contributed by atoms with Crippen molar-refractivity contribution in [2.45, 2.75) is 77.2 Å². The van der Waals surface area contributed by atoms with Crippen LogP contribution in [0, 0.1) is 6.92 Å². The molecule has 0 spiro atoms. The van der Waals surface area contributed by atoms with E-state index in [1.807, 2.05) is 17.9 Å². The molecule has 196 valence electrons. The number of pyridine rings is 1. The fourth-order valence-electron chi connectivity index (χ4n) is 4.99. The molecule has 2 saturated heterocycles. The first-order chi connectivity index (χ1) is 17.3. The summed E-state index contributed by atoms with van der Waals surface area (Å²) >= 11 is 0. The SMILES string of the molecule is CO[C@H]1COCC[C@H]1NC1CCN(C(=O)c2nccc(OCc3ccc(C(C)(C)C)cc3)c2C)CC1. The molecule has 1 aromatic carbocycles. The van der Waals surface area contributed by atoms with Crippen molar-refractivity contribution < 1.29 is 19.0 Å². The third kappa shape index (κ3) is 6.44. The minimum absolute atomic E-state index is 0.0215. The lowest BCUT2D eigenvalue weighted by molar-refractivity contribution is -0.0533. The highest BCUT2D eigenvalue weighted by Crippen LogP contribution is 2.25. The standard InChI is InChI=1S/C29H41N3O4/c1-20-25(36-18-21-6-8-22(9-7-21)29(2,3)4)10-14-30-27(20)28(33)32-15-11-23(12-16-32)31-24-13-17-35-19-26(24)34-5/h6-10,14,23-24,26,31H,11-13,15-19H2,1-5H3/t24-,26+/m1/s1. The second-order valence-corrected chi connectivity index (χ2v) is 11.0. The highest BCUT2D eigenvalue weighted by atomic mass is 16.5. The number of benzene rings is 1. The quantitative estimate of drug-likeness (QED) is 0.619. The zero-order valence-corrected chi connectivity index (χ0v) is 22.4. The van der Waals surface area contributed by atoms with Crippen LogP contribution in [0.4, 0.5) is 0 Å². The van der Waals surface area contributed by atoms with Gasteiger partial charge in [-0.2, -0.15) is 0 Å². The van der Waals surface area contributed by atoms with Crippen molar-refractivity contribution in [1.82, 2.24) is 15.2 Å². The maximum absolute atomic E-state index is 13.3. The fraction of sp³-hybridized carbons (Fsp3) is 0.586. The van der Waals surface area contributed by atoms with E-state index in [4.69, 9.17) is 14.2 Å². The van der Waals surface area contributed by atoms with Gasteiger partial charge in [0.15, 0.2) is 0 Å². The summed E-state index contributed by atoms with van der Waals surface area (Å²) in [5.41, 5.74) is 3.79. The summed E-state index contributed by atoms with van der Waals surface area (Å²) in [5, 5.41) is 3.74. The molecule has 0 aliphatic carbocycles. The van der Waals surface area contributed by atoms with Crippen molar-refractivity contribution in [1.29, 1.82) is 0 Å². The van der Waals surface area contributed by atoms with Gasteiger partial charge in [-0.15, -0.1) is 0 Å². The van der Waals surface area contributed by atoms with Crippen molar-refractivity contribution in [2.24, 2.45) is 0 Å². The van der Waals surface area contributed by atoms with Crippen LogP contribution in [0.1, 0.15) is 67.2 Å². The zero-order valence-electron chi connectivity index (χ0n) is 22.4. The summed E-state index contributed by atoms with van der Waals surface area (Å²) in [6.45, 7) is 11.8. The van der Waals surface area contributed by atoms with Gasteiger partial charge >= 0.3 is 0 Å². The summed E-state index contributed by atoms with van der Waals surface area (Å²) < 4.78 is 17.2. The molecule has 2 aromatic rings. The second kappa shape index (κ2) is 11.7. The monoisotopic (exact) mass is 495 g/mol. The molecule has 0 unspecified atom stereocenters. The lowest BCUT2D eigenvalue weighted by Crippen LogP contribution is -2.54. The van der Waals surface area contributed by atoms with E-state index in [1.165, 1.54) is 5.56 Å². The number of carbonyl (C=O) groups excluding carboxylic acids is 1. The van der Waals surface area contributed by atoms with Crippen molar-refractivity contribution >= 4 is 5.91 Å². The van der Waals surface area contributed by atoms with Crippen LogP contribution in [0.5, 0.6) is 5.75 Å². The first kappa shape index (κ1) is 26.6. The molecule has 0 saturated carbocycles. The molecule has 2 atom stereocenters. The molecule has 4 rings (SSSR count). The summed E-state index contributed by atoms with van der Waals surface area (Å²) in [6.07, 6.45) is 4.54. The van der Waals surface area contributed by atoms with E-state index in [0.29, 0.717) is 49.8 Å². The minimum atomic E-state index is -0.0215. The molecule has 7 heteroatoms. The van der Waals surface area contributed by atoms with Crippen LogP contribution in [0.2, 0.25) is 0 Å². The molecule has 7 nitrogen and oxygen atoms in total. The van der Waals surface area contributed by atoms with E-state index in [9.17, 15) is 4.79 Å². The van der Waals surface area contributed by atoms with Gasteiger partial charge in [-0.05, 0) is 48.8 Å². The minimum Gasteiger partial charge on any atom is -0.488 e. The smallest absolute Gasteiger partial charge is 0.272 e. The number of ether oxygens (including phenoxy) is 3. The molecule has 1 amide bonds. The number of methoxy groups -OCH3 is 1. The Bertz CT molecular complexity index is 1010. The van der Waals surface area contributed by atoms with Gasteiger partial charge in [-0.25, -0.2) is 0 Å². The van der Waals surface area contributed by atoms with Gasteiger partial charge < -0.3 is 24.4 Å². The number of rotatable bonds is 7. The topological polar surface area (TPSA) is 72.9 Å². The van der Waals surface area contributed by atoms with Crippen molar-refractivity contribution in [3.8, 4) is 5.75 Å². The average molecular weight is 496 g/mol. The molecule has 0 radical (unpaired) electrons. The fourth-order valence-corrected chi connectivity index (χ4v) is 4.99. The number of amides is 1. The Labute approximate surface area is 215 Å². The Hall–Kier alpha value is -2.48. The Kier molecular flexibility index (Phi) is 8.65. The van der Waals surface area contributed by atoms with E-state index >= 15 is 0 Å². The predicted octanol–water partition coefficient (Wildman–Crippen LogP) is 4.26. The molecular formula is C29H41N3O4. The van der Waals surface area contributed by atoms with Crippen LogP contribution in [0.25, 0.3) is 0 Å². The first-order valence-corrected chi connectivity index (χ1v) is 13.1. The Balaban J connectivity index is 1.32. The predicted molar refractivity (Wildman–Crippen MR) is 141 cm³/mol. The molecule has 2 aliphatic rings. The van der Waals surface area contributed by atoms with Crippen molar-refractivity contribution in [2.75, 3.05) is 33.4 Å². The largest absolute Gasteiger partial charge is 0.488 e. The normalized spacial score (nSPS) is 21.4. The Morgan fingerprint density at radius 1 is 1.14 bits per heavy atom.